The first-order valence-electron chi connectivity index (χ1n) is 8.41. The predicted molar refractivity (Wildman–Crippen MR) is 91.5 cm³/mol. The third kappa shape index (κ3) is 4.41. The minimum atomic E-state index is -0.397. The highest BCUT2D eigenvalue weighted by Gasteiger charge is 2.19. The predicted octanol–water partition coefficient (Wildman–Crippen LogP) is 2.82. The highest BCUT2D eigenvalue weighted by Crippen LogP contribution is 2.18. The Kier molecular flexibility index (Phi) is 5.38. The van der Waals surface area contributed by atoms with Crippen molar-refractivity contribution in [3.8, 4) is 0 Å². The van der Waals surface area contributed by atoms with Crippen molar-refractivity contribution in [2.24, 2.45) is 0 Å². The molecule has 0 spiro atoms. The van der Waals surface area contributed by atoms with Crippen LogP contribution < -0.4 is 10.6 Å². The van der Waals surface area contributed by atoms with Crippen LogP contribution in [-0.2, 0) is 6.54 Å². The molecule has 1 aliphatic rings. The van der Waals surface area contributed by atoms with Crippen molar-refractivity contribution < 1.29 is 14.0 Å². The quantitative estimate of drug-likeness (QED) is 0.878. The van der Waals surface area contributed by atoms with E-state index in [1.54, 1.807) is 18.2 Å². The van der Waals surface area contributed by atoms with Gasteiger partial charge in [0.1, 0.15) is 5.82 Å². The number of amides is 2. The second-order valence-electron chi connectivity index (χ2n) is 6.19. The van der Waals surface area contributed by atoms with Gasteiger partial charge in [-0.1, -0.05) is 31.0 Å². The summed E-state index contributed by atoms with van der Waals surface area (Å²) in [5.41, 5.74) is 1.03. The van der Waals surface area contributed by atoms with Gasteiger partial charge in [-0.25, -0.2) is 4.39 Å². The monoisotopic (exact) mass is 341 g/mol. The molecule has 1 aromatic carbocycles. The summed E-state index contributed by atoms with van der Waals surface area (Å²) in [6.07, 6.45) is 7.06. The third-order valence-corrected chi connectivity index (χ3v) is 4.35. The maximum Gasteiger partial charge on any atom is 0.253 e. The standard InChI is InChI=1S/C19H20FN3O2/c20-17-8-4-1-5-13(17)12-22-18(24)14-9-15(11-21-10-14)19(25)23-16-6-2-3-7-16/h1,4-5,8-11,16H,2-3,6-7,12H2,(H,22,24)(H,23,25). The average Bonchev–Trinajstić information content (AvgIpc) is 3.14. The molecule has 0 atom stereocenters. The maximum atomic E-state index is 13.6. The molecule has 0 bridgehead atoms. The molecule has 6 heteroatoms. The molecule has 3 rings (SSSR count). The van der Waals surface area contributed by atoms with Gasteiger partial charge in [0.15, 0.2) is 0 Å². The van der Waals surface area contributed by atoms with Crippen molar-refractivity contribution in [1.82, 2.24) is 15.6 Å². The van der Waals surface area contributed by atoms with Gasteiger partial charge in [0.05, 0.1) is 11.1 Å². The third-order valence-electron chi connectivity index (χ3n) is 4.35. The maximum absolute atomic E-state index is 13.6. The van der Waals surface area contributed by atoms with Crippen LogP contribution in [0.25, 0.3) is 0 Å². The number of carbonyl (C=O) groups is 2. The van der Waals surface area contributed by atoms with E-state index in [2.05, 4.69) is 15.6 Å². The summed E-state index contributed by atoms with van der Waals surface area (Å²) in [7, 11) is 0. The van der Waals surface area contributed by atoms with E-state index < -0.39 is 5.91 Å². The molecule has 0 aliphatic heterocycles. The van der Waals surface area contributed by atoms with Crippen LogP contribution in [0.2, 0.25) is 0 Å². The molecule has 2 aromatic rings. The number of nitrogens with zero attached hydrogens (tertiary/aromatic N) is 1. The number of halogens is 1. The fourth-order valence-electron chi connectivity index (χ4n) is 2.95. The molecule has 130 valence electrons. The molecule has 2 amide bonds. The van der Waals surface area contributed by atoms with Crippen molar-refractivity contribution in [2.75, 3.05) is 0 Å². The van der Waals surface area contributed by atoms with Gasteiger partial charge in [-0.3, -0.25) is 14.6 Å². The molecule has 0 unspecified atom stereocenters. The van der Waals surface area contributed by atoms with Crippen LogP contribution in [-0.4, -0.2) is 22.8 Å². The molecular formula is C19H20FN3O2. The van der Waals surface area contributed by atoms with Crippen LogP contribution >= 0.6 is 0 Å². The molecule has 1 aromatic heterocycles. The van der Waals surface area contributed by atoms with Gasteiger partial charge < -0.3 is 10.6 Å². The number of nitrogens with one attached hydrogen (secondary N) is 2. The molecule has 1 heterocycles. The van der Waals surface area contributed by atoms with Crippen molar-refractivity contribution in [3.63, 3.8) is 0 Å². The van der Waals surface area contributed by atoms with Gasteiger partial charge in [0, 0.05) is 30.5 Å². The summed E-state index contributed by atoms with van der Waals surface area (Å²) < 4.78 is 13.6. The molecule has 2 N–H and O–H groups in total. The Morgan fingerprint density at radius 2 is 1.76 bits per heavy atom. The molecule has 0 radical (unpaired) electrons. The Hall–Kier alpha value is -2.76. The number of aromatic nitrogens is 1. The van der Waals surface area contributed by atoms with Crippen molar-refractivity contribution >= 4 is 11.8 Å². The zero-order chi connectivity index (χ0) is 17.6. The lowest BCUT2D eigenvalue weighted by Crippen LogP contribution is -2.33. The molecule has 1 aliphatic carbocycles. The molecule has 0 saturated heterocycles. The first-order valence-corrected chi connectivity index (χ1v) is 8.41. The zero-order valence-electron chi connectivity index (χ0n) is 13.8. The summed E-state index contributed by atoms with van der Waals surface area (Å²) >= 11 is 0. The van der Waals surface area contributed by atoms with E-state index in [0.717, 1.165) is 25.7 Å². The number of hydrogen-bond donors (Lipinski definition) is 2. The summed E-state index contributed by atoms with van der Waals surface area (Å²) in [6.45, 7) is 0.0734. The Morgan fingerprint density at radius 3 is 2.48 bits per heavy atom. The van der Waals surface area contributed by atoms with E-state index in [1.807, 2.05) is 0 Å². The topological polar surface area (TPSA) is 71.1 Å². The van der Waals surface area contributed by atoms with Crippen LogP contribution in [0.5, 0.6) is 0 Å². The van der Waals surface area contributed by atoms with Gasteiger partial charge in [0.25, 0.3) is 11.8 Å². The average molecular weight is 341 g/mol. The summed E-state index contributed by atoms with van der Waals surface area (Å²) in [5.74, 6) is -0.986. The van der Waals surface area contributed by atoms with Crippen molar-refractivity contribution in [3.05, 3.63) is 65.2 Å². The van der Waals surface area contributed by atoms with Gasteiger partial charge in [-0.05, 0) is 25.0 Å². The number of pyridine rings is 1. The van der Waals surface area contributed by atoms with Gasteiger partial charge in [-0.2, -0.15) is 0 Å². The molecule has 1 fully saturated rings. The number of rotatable bonds is 5. The largest absolute Gasteiger partial charge is 0.349 e. The molecule has 25 heavy (non-hydrogen) atoms. The minimum Gasteiger partial charge on any atom is -0.349 e. The normalized spacial score (nSPS) is 14.3. The van der Waals surface area contributed by atoms with E-state index in [0.29, 0.717) is 11.1 Å². The summed E-state index contributed by atoms with van der Waals surface area (Å²) in [4.78, 5) is 28.5. The fourth-order valence-corrected chi connectivity index (χ4v) is 2.95. The first kappa shape index (κ1) is 17.1. The SMILES string of the molecule is O=C(NCc1ccccc1F)c1cncc(C(=O)NC2CCCC2)c1. The second kappa shape index (κ2) is 7.88. The van der Waals surface area contributed by atoms with Gasteiger partial charge in [0.2, 0.25) is 0 Å². The Bertz CT molecular complexity index is 773. The highest BCUT2D eigenvalue weighted by molar-refractivity contribution is 5.99. The Morgan fingerprint density at radius 1 is 1.08 bits per heavy atom. The van der Waals surface area contributed by atoms with Crippen molar-refractivity contribution in [1.29, 1.82) is 0 Å². The number of carbonyl (C=O) groups excluding carboxylic acids is 2. The lowest BCUT2D eigenvalue weighted by atomic mass is 10.1. The number of hydrogen-bond acceptors (Lipinski definition) is 3. The Balaban J connectivity index is 1.63. The van der Waals surface area contributed by atoms with E-state index >= 15 is 0 Å². The van der Waals surface area contributed by atoms with E-state index in [4.69, 9.17) is 0 Å². The zero-order valence-corrected chi connectivity index (χ0v) is 13.8. The molecule has 5 nitrogen and oxygen atoms in total. The summed E-state index contributed by atoms with van der Waals surface area (Å²) in [6, 6.07) is 7.97. The van der Waals surface area contributed by atoms with Gasteiger partial charge >= 0.3 is 0 Å². The minimum absolute atomic E-state index is 0.0734. The molecule has 1 saturated carbocycles. The van der Waals surface area contributed by atoms with Gasteiger partial charge in [-0.15, -0.1) is 0 Å². The van der Waals surface area contributed by atoms with Crippen LogP contribution in [0.3, 0.4) is 0 Å². The second-order valence-corrected chi connectivity index (χ2v) is 6.19. The molecular weight excluding hydrogens is 321 g/mol. The van der Waals surface area contributed by atoms with E-state index in [1.165, 1.54) is 24.5 Å². The van der Waals surface area contributed by atoms with Crippen LogP contribution in [0.1, 0.15) is 52.0 Å². The lowest BCUT2D eigenvalue weighted by Gasteiger charge is -2.12. The number of benzene rings is 1. The van der Waals surface area contributed by atoms with E-state index in [-0.39, 0.29) is 29.9 Å². The van der Waals surface area contributed by atoms with E-state index in [9.17, 15) is 14.0 Å². The fraction of sp³-hybridized carbons (Fsp3) is 0.316. The van der Waals surface area contributed by atoms with Crippen LogP contribution in [0, 0.1) is 5.82 Å². The lowest BCUT2D eigenvalue weighted by molar-refractivity contribution is 0.0937. The first-order chi connectivity index (χ1) is 12.1. The van der Waals surface area contributed by atoms with Crippen molar-refractivity contribution in [2.45, 2.75) is 38.3 Å². The van der Waals surface area contributed by atoms with Crippen LogP contribution in [0.15, 0.2) is 42.7 Å². The Labute approximate surface area is 145 Å². The van der Waals surface area contributed by atoms with Crippen LogP contribution in [0.4, 0.5) is 4.39 Å². The summed E-state index contributed by atoms with van der Waals surface area (Å²) in [5, 5.41) is 5.61. The smallest absolute Gasteiger partial charge is 0.253 e. The highest BCUT2D eigenvalue weighted by atomic mass is 19.1.